The average molecular weight is 392 g/mol. The lowest BCUT2D eigenvalue weighted by atomic mass is 9.92. The summed E-state index contributed by atoms with van der Waals surface area (Å²) in [6.45, 7) is 0. The Morgan fingerprint density at radius 2 is 1.85 bits per heavy atom. The van der Waals surface area contributed by atoms with Crippen LogP contribution in [0.2, 0.25) is 5.02 Å². The van der Waals surface area contributed by atoms with Gasteiger partial charge < -0.3 is 19.9 Å². The minimum atomic E-state index is -1.13. The maximum absolute atomic E-state index is 10.7. The topological polar surface area (TPSA) is 137 Å². The van der Waals surface area contributed by atoms with E-state index in [4.69, 9.17) is 16.8 Å². The summed E-state index contributed by atoms with van der Waals surface area (Å²) >= 11 is 5.88. The van der Waals surface area contributed by atoms with Crippen molar-refractivity contribution in [2.24, 2.45) is 5.92 Å². The van der Waals surface area contributed by atoms with Crippen LogP contribution in [0.5, 0.6) is 0 Å². The van der Waals surface area contributed by atoms with E-state index in [-0.39, 0.29) is 5.82 Å². The molecule has 0 saturated heterocycles. The number of fused-ring (bicyclic) bond motifs is 1. The summed E-state index contributed by atoms with van der Waals surface area (Å²) in [6.07, 6.45) is -0.167. The van der Waals surface area contributed by atoms with Gasteiger partial charge in [0.1, 0.15) is 12.4 Å². The normalized spacial score (nSPS) is 26.4. The highest BCUT2D eigenvalue weighted by Gasteiger charge is 2.46. The zero-order chi connectivity index (χ0) is 19.1. The van der Waals surface area contributed by atoms with Crippen LogP contribution in [0.3, 0.4) is 0 Å². The van der Waals surface area contributed by atoms with Crippen LogP contribution in [0.25, 0.3) is 11.2 Å². The summed E-state index contributed by atoms with van der Waals surface area (Å²) in [5.74, 6) is -0.439. The van der Waals surface area contributed by atoms with Crippen LogP contribution in [0, 0.1) is 5.92 Å². The molecule has 5 atom stereocenters. The zero-order valence-electron chi connectivity index (χ0n) is 14.0. The highest BCUT2D eigenvalue weighted by molar-refractivity contribution is 6.30. The average Bonchev–Trinajstić information content (AvgIpc) is 3.23. The molecule has 5 N–H and O–H groups in total. The van der Waals surface area contributed by atoms with Gasteiger partial charge in [-0.05, 0) is 24.1 Å². The molecule has 0 radical (unpaired) electrons. The molecule has 1 aromatic carbocycles. The SMILES string of the molecule is ONc1ncnc2c1ncn2[C@@H]1C[C@H](C(O)c2ccc(Cl)cc2)[C@@H](O)[C@H]1O. The monoisotopic (exact) mass is 391 g/mol. The molecule has 10 heteroatoms. The Labute approximate surface area is 158 Å². The summed E-state index contributed by atoms with van der Waals surface area (Å²) in [4.78, 5) is 12.2. The van der Waals surface area contributed by atoms with Crippen LogP contribution in [-0.2, 0) is 0 Å². The maximum atomic E-state index is 10.7. The molecule has 2 aromatic heterocycles. The molecule has 1 saturated carbocycles. The van der Waals surface area contributed by atoms with E-state index in [1.54, 1.807) is 28.8 Å². The van der Waals surface area contributed by atoms with Crippen molar-refractivity contribution >= 4 is 28.6 Å². The molecule has 27 heavy (non-hydrogen) atoms. The Balaban J connectivity index is 1.65. The van der Waals surface area contributed by atoms with E-state index in [0.717, 1.165) is 0 Å². The van der Waals surface area contributed by atoms with Crippen LogP contribution in [0.1, 0.15) is 24.1 Å². The number of aliphatic hydroxyl groups excluding tert-OH is 3. The second-order valence-electron chi connectivity index (χ2n) is 6.60. The molecule has 1 aliphatic rings. The number of aromatic nitrogens is 4. The molecule has 0 aliphatic heterocycles. The molecule has 1 unspecified atom stereocenters. The van der Waals surface area contributed by atoms with Crippen molar-refractivity contribution in [2.45, 2.75) is 30.8 Å². The molecule has 1 aliphatic carbocycles. The fourth-order valence-electron chi connectivity index (χ4n) is 3.72. The zero-order valence-corrected chi connectivity index (χ0v) is 14.8. The molecule has 0 amide bonds. The predicted octanol–water partition coefficient (Wildman–Crippen LogP) is 1.30. The number of hydrogen-bond donors (Lipinski definition) is 5. The molecule has 9 nitrogen and oxygen atoms in total. The second-order valence-corrected chi connectivity index (χ2v) is 7.04. The minimum Gasteiger partial charge on any atom is -0.390 e. The maximum Gasteiger partial charge on any atom is 0.181 e. The second kappa shape index (κ2) is 7.02. The number of nitrogens with one attached hydrogen (secondary N) is 1. The lowest BCUT2D eigenvalue weighted by molar-refractivity contribution is -0.0264. The summed E-state index contributed by atoms with van der Waals surface area (Å²) in [7, 11) is 0. The van der Waals surface area contributed by atoms with Gasteiger partial charge in [-0.15, -0.1) is 0 Å². The van der Waals surface area contributed by atoms with Crippen molar-refractivity contribution < 1.29 is 20.5 Å². The number of rotatable bonds is 4. The molecule has 4 rings (SSSR count). The summed E-state index contributed by atoms with van der Waals surface area (Å²) < 4.78 is 1.63. The molecule has 3 aromatic rings. The van der Waals surface area contributed by atoms with E-state index in [2.05, 4.69) is 15.0 Å². The third kappa shape index (κ3) is 3.03. The van der Waals surface area contributed by atoms with Crippen LogP contribution >= 0.6 is 11.6 Å². The van der Waals surface area contributed by atoms with Gasteiger partial charge in [-0.3, -0.25) is 10.7 Å². The molecule has 2 heterocycles. The number of halogens is 1. The first-order valence-corrected chi connectivity index (χ1v) is 8.76. The predicted molar refractivity (Wildman–Crippen MR) is 96.3 cm³/mol. The summed E-state index contributed by atoms with van der Waals surface area (Å²) in [6, 6.07) is 6.17. The largest absolute Gasteiger partial charge is 0.390 e. The highest BCUT2D eigenvalue weighted by Crippen LogP contribution is 2.43. The van der Waals surface area contributed by atoms with Gasteiger partial charge in [0.05, 0.1) is 24.6 Å². The van der Waals surface area contributed by atoms with Gasteiger partial charge in [0.15, 0.2) is 17.0 Å². The summed E-state index contributed by atoms with van der Waals surface area (Å²) in [5.41, 5.74) is 3.31. The first kappa shape index (κ1) is 18.1. The molecule has 0 spiro atoms. The van der Waals surface area contributed by atoms with E-state index in [1.165, 1.54) is 12.7 Å². The van der Waals surface area contributed by atoms with Crippen molar-refractivity contribution in [3.8, 4) is 0 Å². The van der Waals surface area contributed by atoms with Crippen molar-refractivity contribution in [1.82, 2.24) is 19.5 Å². The Morgan fingerprint density at radius 1 is 1.11 bits per heavy atom. The lowest BCUT2D eigenvalue weighted by Crippen LogP contribution is -2.31. The van der Waals surface area contributed by atoms with Gasteiger partial charge in [-0.1, -0.05) is 23.7 Å². The van der Waals surface area contributed by atoms with Crippen LogP contribution in [0.15, 0.2) is 36.9 Å². The lowest BCUT2D eigenvalue weighted by Gasteiger charge is -2.22. The number of hydrogen-bond acceptors (Lipinski definition) is 8. The van der Waals surface area contributed by atoms with Gasteiger partial charge >= 0.3 is 0 Å². The first-order chi connectivity index (χ1) is 13.0. The van der Waals surface area contributed by atoms with Gasteiger partial charge in [0.2, 0.25) is 0 Å². The Hall–Kier alpha value is -2.30. The molecule has 0 bridgehead atoms. The van der Waals surface area contributed by atoms with Crippen molar-refractivity contribution in [1.29, 1.82) is 0 Å². The number of nitrogens with zero attached hydrogens (tertiary/aromatic N) is 4. The van der Waals surface area contributed by atoms with E-state index >= 15 is 0 Å². The quantitative estimate of drug-likeness (QED) is 0.420. The Bertz CT molecular complexity index is 950. The number of anilines is 1. The Kier molecular flexibility index (Phi) is 4.70. The van der Waals surface area contributed by atoms with Crippen LogP contribution < -0.4 is 5.48 Å². The van der Waals surface area contributed by atoms with E-state index in [9.17, 15) is 15.3 Å². The fourth-order valence-corrected chi connectivity index (χ4v) is 3.84. The standard InChI is InChI=1S/C17H18ClN5O4/c18-9-3-1-8(2-4-9)13(24)10-5-11(15(26)14(10)25)23-7-21-12-16(22-27)19-6-20-17(12)23/h1-4,6-7,10-11,13-15,24-27H,5H2,(H,19,20,22)/t10-,11-,13?,14-,15+/m1/s1. The van der Waals surface area contributed by atoms with Gasteiger partial charge in [-0.2, -0.15) is 0 Å². The van der Waals surface area contributed by atoms with E-state index in [1.807, 2.05) is 5.48 Å². The van der Waals surface area contributed by atoms with E-state index < -0.39 is 30.3 Å². The Morgan fingerprint density at radius 3 is 2.56 bits per heavy atom. The van der Waals surface area contributed by atoms with E-state index in [0.29, 0.717) is 28.2 Å². The third-order valence-electron chi connectivity index (χ3n) is 5.14. The molecular formula is C17H18ClN5O4. The number of benzene rings is 1. The van der Waals surface area contributed by atoms with Gasteiger partial charge in [0, 0.05) is 10.9 Å². The van der Waals surface area contributed by atoms with Crippen molar-refractivity contribution in [2.75, 3.05) is 5.48 Å². The fraction of sp³-hybridized carbons (Fsp3) is 0.353. The number of aliphatic hydroxyl groups is 3. The van der Waals surface area contributed by atoms with Crippen LogP contribution in [0.4, 0.5) is 5.82 Å². The van der Waals surface area contributed by atoms with Gasteiger partial charge in [-0.25, -0.2) is 15.0 Å². The molecule has 142 valence electrons. The first-order valence-electron chi connectivity index (χ1n) is 8.38. The highest BCUT2D eigenvalue weighted by atomic mass is 35.5. The smallest absolute Gasteiger partial charge is 0.181 e. The number of imidazole rings is 1. The molecule has 1 fully saturated rings. The van der Waals surface area contributed by atoms with Crippen LogP contribution in [-0.4, -0.2) is 52.3 Å². The van der Waals surface area contributed by atoms with Crippen molar-refractivity contribution in [3.63, 3.8) is 0 Å². The minimum absolute atomic E-state index is 0.143. The third-order valence-corrected chi connectivity index (χ3v) is 5.39. The van der Waals surface area contributed by atoms with Gasteiger partial charge in [0.25, 0.3) is 0 Å². The molecular weight excluding hydrogens is 374 g/mol. The van der Waals surface area contributed by atoms with Crippen molar-refractivity contribution in [3.05, 3.63) is 47.5 Å². The summed E-state index contributed by atoms with van der Waals surface area (Å²) in [5, 5.41) is 41.5.